The minimum Gasteiger partial charge on any atom is -0.457 e. The highest BCUT2D eigenvalue weighted by atomic mass is 16.6. The number of aliphatic hydroxyl groups is 2. The minimum atomic E-state index is -1.44. The number of hydrogen-bond donors (Lipinski definition) is 2. The second-order valence-electron chi connectivity index (χ2n) is 11.7. The van der Waals surface area contributed by atoms with E-state index >= 15 is 0 Å². The fourth-order valence-electron chi connectivity index (χ4n) is 5.08. The Balaban J connectivity index is 1.81. The van der Waals surface area contributed by atoms with E-state index in [0.717, 1.165) is 30.8 Å². The lowest BCUT2D eigenvalue weighted by atomic mass is 9.88. The first-order valence-electron chi connectivity index (χ1n) is 14.6. The number of aromatic nitrogens is 1. The molecule has 0 aromatic carbocycles. The van der Waals surface area contributed by atoms with Crippen molar-refractivity contribution in [2.75, 3.05) is 33.2 Å². The summed E-state index contributed by atoms with van der Waals surface area (Å²) in [6.45, 7) is 10.3. The van der Waals surface area contributed by atoms with Gasteiger partial charge in [0.15, 0.2) is 6.10 Å². The normalized spacial score (nSPS) is 31.0. The van der Waals surface area contributed by atoms with Gasteiger partial charge < -0.3 is 29.5 Å². The molecule has 41 heavy (non-hydrogen) atoms. The smallest absolute Gasteiger partial charge is 0.410 e. The van der Waals surface area contributed by atoms with Gasteiger partial charge in [0.1, 0.15) is 11.7 Å². The standard InChI is InChI=1S/C32H47N3O6/c1-23(27-12-6-7-17-33-27)10-8-11-24(2)30-25(3)13-14-28(32(4,39)16-15-26(36)22-29(37)41-30)40-31(38)35-19-9-18-34(5)20-21-35/h6-8,10-14,17,23,25-26,28,30,36,39H,9,15-16,18-22H2,1-5H3/b10-8+,14-13+,24-11+/t23-,25+,26-,28+,30-,32-/m1/s1. The zero-order valence-corrected chi connectivity index (χ0v) is 25.1. The van der Waals surface area contributed by atoms with E-state index < -0.39 is 36.0 Å². The molecule has 0 aliphatic carbocycles. The Labute approximate surface area is 244 Å². The Morgan fingerprint density at radius 2 is 2.02 bits per heavy atom. The fourth-order valence-corrected chi connectivity index (χ4v) is 5.08. The van der Waals surface area contributed by atoms with Crippen LogP contribution in [0.25, 0.3) is 0 Å². The van der Waals surface area contributed by atoms with Gasteiger partial charge in [-0.15, -0.1) is 0 Å². The highest BCUT2D eigenvalue weighted by Crippen LogP contribution is 2.27. The molecule has 1 aromatic heterocycles. The maximum atomic E-state index is 13.1. The van der Waals surface area contributed by atoms with Crippen LogP contribution in [-0.4, -0.2) is 94.2 Å². The molecule has 3 heterocycles. The van der Waals surface area contributed by atoms with Gasteiger partial charge in [0, 0.05) is 43.4 Å². The molecule has 9 heteroatoms. The van der Waals surface area contributed by atoms with Crippen LogP contribution in [0.4, 0.5) is 4.79 Å². The number of amides is 1. The number of cyclic esters (lactones) is 1. The zero-order valence-electron chi connectivity index (χ0n) is 25.1. The lowest BCUT2D eigenvalue weighted by Crippen LogP contribution is -2.45. The van der Waals surface area contributed by atoms with Crippen molar-refractivity contribution >= 4 is 12.1 Å². The van der Waals surface area contributed by atoms with Crippen LogP contribution in [0.2, 0.25) is 0 Å². The summed E-state index contributed by atoms with van der Waals surface area (Å²) in [5.41, 5.74) is 0.335. The van der Waals surface area contributed by atoms with Crippen LogP contribution in [0.5, 0.6) is 0 Å². The van der Waals surface area contributed by atoms with Gasteiger partial charge in [-0.05, 0) is 70.5 Å². The van der Waals surface area contributed by atoms with Gasteiger partial charge in [0.05, 0.1) is 12.5 Å². The average Bonchev–Trinajstić information content (AvgIpc) is 3.16. The molecule has 3 rings (SSSR count). The average molecular weight is 570 g/mol. The summed E-state index contributed by atoms with van der Waals surface area (Å²) in [6.07, 6.45) is 9.10. The predicted molar refractivity (Wildman–Crippen MR) is 158 cm³/mol. The molecule has 2 N–H and O–H groups in total. The number of ether oxygens (including phenoxy) is 2. The number of pyridine rings is 1. The number of allylic oxidation sites excluding steroid dienone is 3. The molecule has 0 bridgehead atoms. The molecule has 0 unspecified atom stereocenters. The largest absolute Gasteiger partial charge is 0.457 e. The van der Waals surface area contributed by atoms with Crippen LogP contribution in [-0.2, 0) is 14.3 Å². The predicted octanol–water partition coefficient (Wildman–Crippen LogP) is 4.23. The molecule has 0 saturated carbocycles. The summed E-state index contributed by atoms with van der Waals surface area (Å²) in [5.74, 6) is -0.693. The van der Waals surface area contributed by atoms with E-state index in [1.54, 1.807) is 24.1 Å². The van der Waals surface area contributed by atoms with E-state index in [0.29, 0.717) is 13.1 Å². The van der Waals surface area contributed by atoms with Crippen LogP contribution in [0.1, 0.15) is 65.0 Å². The maximum Gasteiger partial charge on any atom is 0.410 e. The van der Waals surface area contributed by atoms with Gasteiger partial charge in [-0.3, -0.25) is 9.78 Å². The van der Waals surface area contributed by atoms with E-state index in [-0.39, 0.29) is 31.1 Å². The lowest BCUT2D eigenvalue weighted by molar-refractivity contribution is -0.151. The van der Waals surface area contributed by atoms with Crippen molar-refractivity contribution in [2.45, 2.75) is 83.2 Å². The number of aliphatic hydroxyl groups excluding tert-OH is 1. The Kier molecular flexibility index (Phi) is 12.1. The van der Waals surface area contributed by atoms with Gasteiger partial charge in [-0.2, -0.15) is 0 Å². The molecule has 226 valence electrons. The van der Waals surface area contributed by atoms with Gasteiger partial charge in [0.25, 0.3) is 0 Å². The van der Waals surface area contributed by atoms with Crippen molar-refractivity contribution in [1.29, 1.82) is 0 Å². The van der Waals surface area contributed by atoms with Crippen LogP contribution >= 0.6 is 0 Å². The van der Waals surface area contributed by atoms with Gasteiger partial charge in [0.2, 0.25) is 0 Å². The highest BCUT2D eigenvalue weighted by molar-refractivity contribution is 5.70. The third-order valence-electron chi connectivity index (χ3n) is 7.89. The highest BCUT2D eigenvalue weighted by Gasteiger charge is 2.36. The summed E-state index contributed by atoms with van der Waals surface area (Å²) in [5, 5.41) is 21.9. The molecular weight excluding hydrogens is 522 g/mol. The molecule has 1 saturated heterocycles. The van der Waals surface area contributed by atoms with E-state index in [2.05, 4.69) is 16.8 Å². The first-order chi connectivity index (χ1) is 19.5. The van der Waals surface area contributed by atoms with E-state index in [1.165, 1.54) is 0 Å². The zero-order chi connectivity index (χ0) is 30.0. The van der Waals surface area contributed by atoms with Crippen LogP contribution in [0.15, 0.2) is 60.3 Å². The molecule has 1 fully saturated rings. The second kappa shape index (κ2) is 15.3. The summed E-state index contributed by atoms with van der Waals surface area (Å²) in [7, 11) is 2.03. The van der Waals surface area contributed by atoms with Crippen LogP contribution in [0.3, 0.4) is 0 Å². The molecule has 1 amide bonds. The van der Waals surface area contributed by atoms with Gasteiger partial charge in [-0.25, -0.2) is 4.79 Å². The molecule has 2 aliphatic rings. The third-order valence-corrected chi connectivity index (χ3v) is 7.89. The number of esters is 1. The van der Waals surface area contributed by atoms with Crippen molar-refractivity contribution in [3.8, 4) is 0 Å². The molecule has 9 nitrogen and oxygen atoms in total. The molecule has 0 radical (unpaired) electrons. The third kappa shape index (κ3) is 10.1. The van der Waals surface area contributed by atoms with E-state index in [1.807, 2.05) is 63.4 Å². The van der Waals surface area contributed by atoms with Crippen molar-refractivity contribution in [3.63, 3.8) is 0 Å². The molecule has 6 atom stereocenters. The quantitative estimate of drug-likeness (QED) is 0.308. The van der Waals surface area contributed by atoms with Gasteiger partial charge in [-0.1, -0.05) is 44.2 Å². The lowest BCUT2D eigenvalue weighted by Gasteiger charge is -2.34. The second-order valence-corrected chi connectivity index (χ2v) is 11.7. The van der Waals surface area contributed by atoms with Crippen LogP contribution < -0.4 is 0 Å². The summed E-state index contributed by atoms with van der Waals surface area (Å²) < 4.78 is 11.7. The van der Waals surface area contributed by atoms with E-state index in [4.69, 9.17) is 9.47 Å². The summed E-state index contributed by atoms with van der Waals surface area (Å²) in [6, 6.07) is 5.81. The van der Waals surface area contributed by atoms with Crippen molar-refractivity contribution in [3.05, 3.63) is 66.0 Å². The Bertz CT molecular complexity index is 1090. The number of likely N-dealkylation sites (N-methyl/N-ethyl adjacent to an activating group) is 1. The summed E-state index contributed by atoms with van der Waals surface area (Å²) >= 11 is 0. The van der Waals surface area contributed by atoms with Crippen molar-refractivity contribution < 1.29 is 29.3 Å². The monoisotopic (exact) mass is 569 g/mol. The minimum absolute atomic E-state index is 0.105. The topological polar surface area (TPSA) is 112 Å². The fraction of sp³-hybridized carbons (Fsp3) is 0.594. The molecular formula is C32H47N3O6. The Morgan fingerprint density at radius 3 is 2.76 bits per heavy atom. The molecule has 2 aliphatic heterocycles. The number of carbonyl (C=O) groups is 2. The molecule has 1 aromatic rings. The number of carbonyl (C=O) groups excluding carboxylic acids is 2. The molecule has 0 spiro atoms. The van der Waals surface area contributed by atoms with Gasteiger partial charge >= 0.3 is 12.1 Å². The Morgan fingerprint density at radius 1 is 1.24 bits per heavy atom. The van der Waals surface area contributed by atoms with Crippen LogP contribution in [0, 0.1) is 5.92 Å². The summed E-state index contributed by atoms with van der Waals surface area (Å²) in [4.78, 5) is 34.1. The van der Waals surface area contributed by atoms with Crippen molar-refractivity contribution in [1.82, 2.24) is 14.8 Å². The first kappa shape index (κ1) is 32.5. The maximum absolute atomic E-state index is 13.1. The van der Waals surface area contributed by atoms with Crippen molar-refractivity contribution in [2.24, 2.45) is 5.92 Å². The first-order valence-corrected chi connectivity index (χ1v) is 14.6. The number of nitrogens with zero attached hydrogens (tertiary/aromatic N) is 3. The Hall–Kier alpha value is -3.01. The number of hydrogen-bond acceptors (Lipinski definition) is 8. The number of rotatable bonds is 5. The SMILES string of the molecule is C/C(=C\C=C\[C@@H](C)c1ccccn1)[C@H]1OC(=O)C[C@H](O)CC[C@@](C)(O)[C@@H](OC(=O)N2CCCN(C)CC2)/C=C/[C@@H]1C. The van der Waals surface area contributed by atoms with E-state index in [9.17, 15) is 19.8 Å².